The SMILES string of the molecule is C=C/C(=C\C(C)=C/C)CCC(C)C. The fraction of sp³-hybridized carbons (Fsp3) is 0.538. The van der Waals surface area contributed by atoms with Crippen molar-refractivity contribution in [3.05, 3.63) is 36.0 Å². The molecular weight excluding hydrogens is 156 g/mol. The Hall–Kier alpha value is -0.780. The van der Waals surface area contributed by atoms with Gasteiger partial charge in [0.25, 0.3) is 0 Å². The summed E-state index contributed by atoms with van der Waals surface area (Å²) >= 11 is 0. The lowest BCUT2D eigenvalue weighted by molar-refractivity contribution is 0.588. The first-order chi connectivity index (χ1) is 6.10. The van der Waals surface area contributed by atoms with Crippen molar-refractivity contribution in [2.75, 3.05) is 0 Å². The van der Waals surface area contributed by atoms with E-state index in [2.05, 4.69) is 46.4 Å². The van der Waals surface area contributed by atoms with E-state index in [0.29, 0.717) is 0 Å². The van der Waals surface area contributed by atoms with Gasteiger partial charge in [0.1, 0.15) is 0 Å². The maximum absolute atomic E-state index is 3.83. The predicted molar refractivity (Wildman–Crippen MR) is 61.8 cm³/mol. The van der Waals surface area contributed by atoms with Gasteiger partial charge in [-0.2, -0.15) is 0 Å². The second-order valence-corrected chi connectivity index (χ2v) is 3.89. The topological polar surface area (TPSA) is 0 Å². The third-order valence-corrected chi connectivity index (χ3v) is 2.14. The van der Waals surface area contributed by atoms with Crippen molar-refractivity contribution in [1.82, 2.24) is 0 Å². The molecule has 0 heterocycles. The van der Waals surface area contributed by atoms with Crippen LogP contribution in [0.15, 0.2) is 36.0 Å². The molecule has 0 amide bonds. The molecular formula is C13H22. The van der Waals surface area contributed by atoms with Gasteiger partial charge in [-0.1, -0.05) is 44.2 Å². The van der Waals surface area contributed by atoms with Crippen LogP contribution in [0.4, 0.5) is 0 Å². The highest BCUT2D eigenvalue weighted by Crippen LogP contribution is 2.14. The van der Waals surface area contributed by atoms with E-state index in [4.69, 9.17) is 0 Å². The Morgan fingerprint density at radius 2 is 2.00 bits per heavy atom. The van der Waals surface area contributed by atoms with Crippen LogP contribution in [0.2, 0.25) is 0 Å². The van der Waals surface area contributed by atoms with E-state index in [1.54, 1.807) is 0 Å². The summed E-state index contributed by atoms with van der Waals surface area (Å²) in [5.74, 6) is 0.772. The van der Waals surface area contributed by atoms with Crippen molar-refractivity contribution in [3.63, 3.8) is 0 Å². The maximum atomic E-state index is 3.83. The Labute approximate surface area is 83.0 Å². The minimum Gasteiger partial charge on any atom is -0.0988 e. The van der Waals surface area contributed by atoms with Gasteiger partial charge in [-0.25, -0.2) is 0 Å². The Morgan fingerprint density at radius 3 is 2.38 bits per heavy atom. The molecule has 0 fully saturated rings. The zero-order valence-electron chi connectivity index (χ0n) is 9.43. The lowest BCUT2D eigenvalue weighted by Crippen LogP contribution is -1.88. The average Bonchev–Trinajstić information content (AvgIpc) is 2.11. The summed E-state index contributed by atoms with van der Waals surface area (Å²) in [6.45, 7) is 12.5. The van der Waals surface area contributed by atoms with Crippen LogP contribution >= 0.6 is 0 Å². The molecule has 0 aliphatic rings. The molecule has 0 aliphatic heterocycles. The Balaban J connectivity index is 4.18. The molecule has 0 rings (SSSR count). The lowest BCUT2D eigenvalue weighted by atomic mass is 10.0. The van der Waals surface area contributed by atoms with Gasteiger partial charge in [0.2, 0.25) is 0 Å². The van der Waals surface area contributed by atoms with Gasteiger partial charge >= 0.3 is 0 Å². The highest BCUT2D eigenvalue weighted by molar-refractivity contribution is 5.27. The summed E-state index contributed by atoms with van der Waals surface area (Å²) in [5.41, 5.74) is 2.67. The van der Waals surface area contributed by atoms with Crippen LogP contribution in [0.5, 0.6) is 0 Å². The smallest absolute Gasteiger partial charge is 0.0277 e. The molecule has 0 saturated heterocycles. The molecule has 0 saturated carbocycles. The van der Waals surface area contributed by atoms with E-state index in [1.165, 1.54) is 17.6 Å². The molecule has 0 aromatic carbocycles. The molecule has 13 heavy (non-hydrogen) atoms. The van der Waals surface area contributed by atoms with Crippen LogP contribution in [0.25, 0.3) is 0 Å². The van der Waals surface area contributed by atoms with Gasteiger partial charge in [0.05, 0.1) is 0 Å². The van der Waals surface area contributed by atoms with Crippen molar-refractivity contribution in [3.8, 4) is 0 Å². The molecule has 0 N–H and O–H groups in total. The lowest BCUT2D eigenvalue weighted by Gasteiger charge is -2.05. The van der Waals surface area contributed by atoms with E-state index < -0.39 is 0 Å². The van der Waals surface area contributed by atoms with Gasteiger partial charge in [-0.15, -0.1) is 0 Å². The normalized spacial score (nSPS) is 13.6. The summed E-state index contributed by atoms with van der Waals surface area (Å²) in [6, 6.07) is 0. The van der Waals surface area contributed by atoms with Crippen LogP contribution in [-0.2, 0) is 0 Å². The first kappa shape index (κ1) is 12.2. The summed E-state index contributed by atoms with van der Waals surface area (Å²) in [7, 11) is 0. The first-order valence-electron chi connectivity index (χ1n) is 5.06. The van der Waals surface area contributed by atoms with Crippen LogP contribution in [0.3, 0.4) is 0 Å². The number of hydrogen-bond acceptors (Lipinski definition) is 0. The van der Waals surface area contributed by atoms with Gasteiger partial charge in [0, 0.05) is 0 Å². The highest BCUT2D eigenvalue weighted by Gasteiger charge is 1.96. The molecule has 0 aromatic heterocycles. The van der Waals surface area contributed by atoms with Crippen molar-refractivity contribution in [2.45, 2.75) is 40.5 Å². The van der Waals surface area contributed by atoms with E-state index in [1.807, 2.05) is 6.08 Å². The third kappa shape index (κ3) is 6.39. The minimum absolute atomic E-state index is 0.772. The monoisotopic (exact) mass is 178 g/mol. The van der Waals surface area contributed by atoms with Gasteiger partial charge in [-0.05, 0) is 38.2 Å². The van der Waals surface area contributed by atoms with E-state index >= 15 is 0 Å². The Kier molecular flexibility index (Phi) is 6.30. The molecule has 0 aliphatic carbocycles. The van der Waals surface area contributed by atoms with Crippen molar-refractivity contribution >= 4 is 0 Å². The van der Waals surface area contributed by atoms with E-state index in [-0.39, 0.29) is 0 Å². The predicted octanol–water partition coefficient (Wildman–Crippen LogP) is 4.50. The van der Waals surface area contributed by atoms with Gasteiger partial charge in [-0.3, -0.25) is 0 Å². The first-order valence-corrected chi connectivity index (χ1v) is 5.06. The van der Waals surface area contributed by atoms with Crippen molar-refractivity contribution < 1.29 is 0 Å². The second kappa shape index (κ2) is 6.71. The minimum atomic E-state index is 0.772. The fourth-order valence-corrected chi connectivity index (χ4v) is 1.06. The van der Waals surface area contributed by atoms with Crippen LogP contribution in [0.1, 0.15) is 40.5 Å². The fourth-order valence-electron chi connectivity index (χ4n) is 1.06. The molecule has 74 valence electrons. The average molecular weight is 178 g/mol. The molecule has 0 heteroatoms. The number of rotatable bonds is 5. The third-order valence-electron chi connectivity index (χ3n) is 2.14. The number of hydrogen-bond donors (Lipinski definition) is 0. The molecule has 0 bridgehead atoms. The summed E-state index contributed by atoms with van der Waals surface area (Å²) in [4.78, 5) is 0. The van der Waals surface area contributed by atoms with Crippen molar-refractivity contribution in [1.29, 1.82) is 0 Å². The largest absolute Gasteiger partial charge is 0.0988 e. The molecule has 0 aromatic rings. The summed E-state index contributed by atoms with van der Waals surface area (Å²) < 4.78 is 0. The molecule has 0 unspecified atom stereocenters. The van der Waals surface area contributed by atoms with Crippen LogP contribution in [-0.4, -0.2) is 0 Å². The molecule has 0 radical (unpaired) electrons. The maximum Gasteiger partial charge on any atom is -0.0277 e. The Morgan fingerprint density at radius 1 is 1.38 bits per heavy atom. The standard InChI is InChI=1S/C13H22/c1-6-12(5)10-13(7-2)9-8-11(3)4/h6-7,10-11H,2,8-9H2,1,3-5H3/b12-6-,13-10+. The zero-order chi connectivity index (χ0) is 10.3. The quantitative estimate of drug-likeness (QED) is 0.544. The van der Waals surface area contributed by atoms with Gasteiger partial charge in [0.15, 0.2) is 0 Å². The summed E-state index contributed by atoms with van der Waals surface area (Å²) in [5, 5.41) is 0. The highest BCUT2D eigenvalue weighted by atomic mass is 14.0. The Bertz CT molecular complexity index is 204. The summed E-state index contributed by atoms with van der Waals surface area (Å²) in [6.07, 6.45) is 8.70. The zero-order valence-corrected chi connectivity index (χ0v) is 9.43. The second-order valence-electron chi connectivity index (χ2n) is 3.89. The van der Waals surface area contributed by atoms with Crippen LogP contribution in [0, 0.1) is 5.92 Å². The molecule has 0 spiro atoms. The van der Waals surface area contributed by atoms with Crippen molar-refractivity contribution in [2.24, 2.45) is 5.92 Å². The molecule has 0 nitrogen and oxygen atoms in total. The van der Waals surface area contributed by atoms with Crippen LogP contribution < -0.4 is 0 Å². The number of allylic oxidation sites excluding steroid dienone is 5. The van der Waals surface area contributed by atoms with E-state index in [9.17, 15) is 0 Å². The van der Waals surface area contributed by atoms with Gasteiger partial charge < -0.3 is 0 Å². The van der Waals surface area contributed by atoms with E-state index in [0.717, 1.165) is 12.3 Å². The molecule has 0 atom stereocenters.